The predicted molar refractivity (Wildman–Crippen MR) is 54.9 cm³/mol. The molecule has 0 spiro atoms. The summed E-state index contributed by atoms with van der Waals surface area (Å²) in [5, 5.41) is 0. The summed E-state index contributed by atoms with van der Waals surface area (Å²) in [7, 11) is 0. The molecule has 0 N–H and O–H groups in total. The number of hydrogen-bond acceptors (Lipinski definition) is 0. The topological polar surface area (TPSA) is 0 Å². The van der Waals surface area contributed by atoms with E-state index >= 15 is 0 Å². The van der Waals surface area contributed by atoms with Crippen molar-refractivity contribution in [1.82, 2.24) is 0 Å². The standard InChI is InChI=1S/C7H16.C4H10/c1-4-6-7(3)5-2;1-3-4-2/h7H,4-6H2,1-3H3;3-4H2,1-2H3. The van der Waals surface area contributed by atoms with Crippen molar-refractivity contribution in [3.63, 3.8) is 0 Å². The van der Waals surface area contributed by atoms with Crippen molar-refractivity contribution in [3.05, 3.63) is 0 Å². The highest BCUT2D eigenvalue weighted by Gasteiger charge is 1.92. The molecular weight excluding hydrogens is 132 g/mol. The van der Waals surface area contributed by atoms with Crippen LogP contribution in [0.1, 0.15) is 66.7 Å². The summed E-state index contributed by atoms with van der Waals surface area (Å²) in [6.07, 6.45) is 6.72. The maximum Gasteiger partial charge on any atom is -0.0446 e. The van der Waals surface area contributed by atoms with Crippen LogP contribution >= 0.6 is 0 Å². The molecule has 0 aliphatic rings. The Balaban J connectivity index is 0. The molecule has 0 heteroatoms. The van der Waals surface area contributed by atoms with Gasteiger partial charge in [0, 0.05) is 0 Å². The normalized spacial score (nSPS) is 11.7. The van der Waals surface area contributed by atoms with Gasteiger partial charge >= 0.3 is 0 Å². The monoisotopic (exact) mass is 158 g/mol. The second-order valence-corrected chi connectivity index (χ2v) is 3.30. The Bertz CT molecular complexity index is 46.0. The molecule has 0 bridgehead atoms. The van der Waals surface area contributed by atoms with Gasteiger partial charge in [0.15, 0.2) is 0 Å². The summed E-state index contributed by atoms with van der Waals surface area (Å²) in [5.74, 6) is 0.949. The van der Waals surface area contributed by atoms with E-state index in [0.29, 0.717) is 0 Å². The highest BCUT2D eigenvalue weighted by atomic mass is 14.0. The van der Waals surface area contributed by atoms with Crippen LogP contribution in [0.25, 0.3) is 0 Å². The summed E-state index contributed by atoms with van der Waals surface area (Å²) in [5.41, 5.74) is 0. The molecule has 0 aliphatic carbocycles. The third-order valence-corrected chi connectivity index (χ3v) is 1.98. The molecule has 0 fully saturated rings. The van der Waals surface area contributed by atoms with Crippen LogP contribution in [0.4, 0.5) is 0 Å². The van der Waals surface area contributed by atoms with E-state index in [4.69, 9.17) is 0 Å². The van der Waals surface area contributed by atoms with Crippen LogP contribution < -0.4 is 0 Å². The second kappa shape index (κ2) is 12.7. The molecule has 11 heavy (non-hydrogen) atoms. The fourth-order valence-electron chi connectivity index (χ4n) is 0.697. The van der Waals surface area contributed by atoms with E-state index in [-0.39, 0.29) is 0 Å². The molecule has 70 valence electrons. The summed E-state index contributed by atoms with van der Waals surface area (Å²) in [6, 6.07) is 0. The summed E-state index contributed by atoms with van der Waals surface area (Å²) >= 11 is 0. The van der Waals surface area contributed by atoms with Gasteiger partial charge in [-0.25, -0.2) is 0 Å². The van der Waals surface area contributed by atoms with Crippen LogP contribution in [0.2, 0.25) is 0 Å². The molecule has 1 unspecified atom stereocenters. The first-order chi connectivity index (χ1) is 5.22. The highest BCUT2D eigenvalue weighted by molar-refractivity contribution is 4.45. The van der Waals surface area contributed by atoms with Gasteiger partial charge in [-0.05, 0) is 5.92 Å². The van der Waals surface area contributed by atoms with Crippen LogP contribution in [0, 0.1) is 5.92 Å². The summed E-state index contributed by atoms with van der Waals surface area (Å²) < 4.78 is 0. The Hall–Kier alpha value is 0. The zero-order valence-corrected chi connectivity index (χ0v) is 9.11. The molecule has 0 amide bonds. The first-order valence-electron chi connectivity index (χ1n) is 5.22. The van der Waals surface area contributed by atoms with E-state index in [1.807, 2.05) is 0 Å². The fraction of sp³-hybridized carbons (Fsp3) is 1.00. The summed E-state index contributed by atoms with van der Waals surface area (Å²) in [6.45, 7) is 11.2. The fourth-order valence-corrected chi connectivity index (χ4v) is 0.697. The number of rotatable bonds is 4. The molecule has 0 aliphatic heterocycles. The molecule has 0 rings (SSSR count). The van der Waals surface area contributed by atoms with E-state index in [1.165, 1.54) is 32.1 Å². The smallest absolute Gasteiger partial charge is 0.0446 e. The van der Waals surface area contributed by atoms with Crippen molar-refractivity contribution in [2.45, 2.75) is 66.7 Å². The minimum atomic E-state index is 0.949. The maximum atomic E-state index is 2.31. The van der Waals surface area contributed by atoms with Gasteiger partial charge in [0.25, 0.3) is 0 Å². The van der Waals surface area contributed by atoms with Crippen molar-refractivity contribution < 1.29 is 0 Å². The van der Waals surface area contributed by atoms with Crippen LogP contribution in [-0.2, 0) is 0 Å². The molecule has 0 nitrogen and oxygen atoms in total. The first-order valence-corrected chi connectivity index (χ1v) is 5.22. The average Bonchev–Trinajstić information content (AvgIpc) is 2.05. The maximum absolute atomic E-state index is 2.31. The van der Waals surface area contributed by atoms with Gasteiger partial charge in [-0.3, -0.25) is 0 Å². The Labute approximate surface area is 73.4 Å². The average molecular weight is 158 g/mol. The Morgan fingerprint density at radius 2 is 1.27 bits per heavy atom. The van der Waals surface area contributed by atoms with Gasteiger partial charge in [0.1, 0.15) is 0 Å². The Morgan fingerprint density at radius 1 is 0.818 bits per heavy atom. The molecule has 0 saturated heterocycles. The molecule has 0 heterocycles. The Morgan fingerprint density at radius 3 is 1.36 bits per heavy atom. The highest BCUT2D eigenvalue weighted by Crippen LogP contribution is 2.07. The molecular formula is C11H26. The first kappa shape index (κ1) is 13.6. The van der Waals surface area contributed by atoms with E-state index in [1.54, 1.807) is 0 Å². The van der Waals surface area contributed by atoms with Gasteiger partial charge in [0.05, 0.1) is 0 Å². The van der Waals surface area contributed by atoms with Gasteiger partial charge in [-0.15, -0.1) is 0 Å². The van der Waals surface area contributed by atoms with Crippen LogP contribution in [0.15, 0.2) is 0 Å². The largest absolute Gasteiger partial charge is 0.0654 e. The van der Waals surface area contributed by atoms with E-state index in [9.17, 15) is 0 Å². The van der Waals surface area contributed by atoms with Crippen molar-refractivity contribution in [2.24, 2.45) is 5.92 Å². The van der Waals surface area contributed by atoms with Crippen molar-refractivity contribution in [1.29, 1.82) is 0 Å². The molecule has 0 aromatic rings. The molecule has 0 radical (unpaired) electrons. The number of unbranched alkanes of at least 4 members (excludes halogenated alkanes) is 1. The molecule has 0 aromatic heterocycles. The third-order valence-electron chi connectivity index (χ3n) is 1.98. The molecule has 1 atom stereocenters. The SMILES string of the molecule is CCCC.CCCC(C)CC. The lowest BCUT2D eigenvalue weighted by Gasteiger charge is -2.02. The van der Waals surface area contributed by atoms with Crippen LogP contribution in [0.5, 0.6) is 0 Å². The van der Waals surface area contributed by atoms with Crippen molar-refractivity contribution in [3.8, 4) is 0 Å². The third kappa shape index (κ3) is 17.8. The number of hydrogen-bond donors (Lipinski definition) is 0. The van der Waals surface area contributed by atoms with E-state index in [0.717, 1.165) is 5.92 Å². The zero-order valence-electron chi connectivity index (χ0n) is 9.11. The quantitative estimate of drug-likeness (QED) is 0.559. The van der Waals surface area contributed by atoms with Gasteiger partial charge in [0.2, 0.25) is 0 Å². The van der Waals surface area contributed by atoms with E-state index in [2.05, 4.69) is 34.6 Å². The van der Waals surface area contributed by atoms with Gasteiger partial charge < -0.3 is 0 Å². The minimum Gasteiger partial charge on any atom is -0.0654 e. The van der Waals surface area contributed by atoms with Crippen LogP contribution in [0.3, 0.4) is 0 Å². The Kier molecular flexibility index (Phi) is 15.6. The minimum absolute atomic E-state index is 0.949. The predicted octanol–water partition coefficient (Wildman–Crippen LogP) is 4.64. The lowest BCUT2D eigenvalue weighted by molar-refractivity contribution is 0.509. The molecule has 0 saturated carbocycles. The van der Waals surface area contributed by atoms with Gasteiger partial charge in [-0.1, -0.05) is 66.7 Å². The van der Waals surface area contributed by atoms with Crippen molar-refractivity contribution >= 4 is 0 Å². The molecule has 0 aromatic carbocycles. The van der Waals surface area contributed by atoms with Crippen molar-refractivity contribution in [2.75, 3.05) is 0 Å². The zero-order chi connectivity index (χ0) is 9.11. The van der Waals surface area contributed by atoms with E-state index < -0.39 is 0 Å². The lowest BCUT2D eigenvalue weighted by Crippen LogP contribution is -1.88. The van der Waals surface area contributed by atoms with Crippen LogP contribution in [-0.4, -0.2) is 0 Å². The van der Waals surface area contributed by atoms with Gasteiger partial charge in [-0.2, -0.15) is 0 Å². The second-order valence-electron chi connectivity index (χ2n) is 3.30. The summed E-state index contributed by atoms with van der Waals surface area (Å²) in [4.78, 5) is 0. The lowest BCUT2D eigenvalue weighted by atomic mass is 10.0.